The number of phosphoric ester groups is 1. The van der Waals surface area contributed by atoms with Gasteiger partial charge in [0.25, 0.3) is 0 Å². The Hall–Kier alpha value is -1.15. The fraction of sp³-hybridized carbons (Fsp3) is 0.938. The molecule has 6 unspecified atom stereocenters. The van der Waals surface area contributed by atoms with Crippen LogP contribution in [-0.2, 0) is 32.7 Å². The van der Waals surface area contributed by atoms with E-state index in [0.717, 1.165) is 44.9 Å². The molecule has 1 aliphatic carbocycles. The second kappa shape index (κ2) is 24.9. The first-order valence-corrected chi connectivity index (χ1v) is 18.8. The number of hydrogen-bond acceptors (Lipinski definition) is 12. The second-order valence-corrected chi connectivity index (χ2v) is 13.8. The number of esters is 2. The molecular formula is C32H61O13P. The van der Waals surface area contributed by atoms with Crippen LogP contribution in [0.1, 0.15) is 136 Å². The van der Waals surface area contributed by atoms with E-state index in [-0.39, 0.29) is 12.8 Å². The van der Waals surface area contributed by atoms with Gasteiger partial charge in [-0.15, -0.1) is 0 Å². The minimum Gasteiger partial charge on any atom is -0.462 e. The molecule has 0 aromatic heterocycles. The van der Waals surface area contributed by atoms with Crippen LogP contribution in [-0.4, -0.2) is 98.3 Å². The standard InChI is InChI=1S/C32H61O13P/c1-3-5-7-9-11-13-15-17-19-21-26(34)44-24(22-42-25(33)20-18-16-14-12-10-8-6-4-2)23-43-46(40,41)45-32-30(38)28(36)27(35)29(37)31(32)39/h24,27-32,35-39H,3-23H2,1-2H3,(H,40,41). The molecule has 0 aliphatic heterocycles. The minimum absolute atomic E-state index is 0.102. The van der Waals surface area contributed by atoms with Crippen molar-refractivity contribution in [2.45, 2.75) is 179 Å². The van der Waals surface area contributed by atoms with Crippen LogP contribution in [0.4, 0.5) is 0 Å². The number of aliphatic hydroxyl groups is 5. The van der Waals surface area contributed by atoms with Crippen molar-refractivity contribution in [2.75, 3.05) is 13.2 Å². The molecule has 14 heteroatoms. The zero-order valence-electron chi connectivity index (χ0n) is 27.9. The molecule has 1 saturated carbocycles. The highest BCUT2D eigenvalue weighted by molar-refractivity contribution is 7.47. The number of phosphoric acid groups is 1. The van der Waals surface area contributed by atoms with Gasteiger partial charge in [-0.05, 0) is 12.8 Å². The zero-order chi connectivity index (χ0) is 34.4. The summed E-state index contributed by atoms with van der Waals surface area (Å²) in [7, 11) is -5.09. The normalized spacial score (nSPS) is 25.1. The minimum atomic E-state index is -5.09. The Morgan fingerprint density at radius 1 is 0.587 bits per heavy atom. The molecule has 0 radical (unpaired) electrons. The Morgan fingerprint density at radius 2 is 0.978 bits per heavy atom. The first-order chi connectivity index (χ1) is 21.9. The van der Waals surface area contributed by atoms with Gasteiger partial charge < -0.3 is 39.9 Å². The predicted octanol–water partition coefficient (Wildman–Crippen LogP) is 4.21. The SMILES string of the molecule is CCCCCCCCCCCC(=O)OC(COC(=O)CCCCCCCCCC)COP(=O)(O)OC1C(O)C(O)C(O)C(O)C1O. The van der Waals surface area contributed by atoms with Gasteiger partial charge in [0.05, 0.1) is 6.61 Å². The van der Waals surface area contributed by atoms with Crippen LogP contribution in [0.15, 0.2) is 0 Å². The van der Waals surface area contributed by atoms with E-state index >= 15 is 0 Å². The second-order valence-electron chi connectivity index (χ2n) is 12.4. The largest absolute Gasteiger partial charge is 0.472 e. The first kappa shape index (κ1) is 42.9. The van der Waals surface area contributed by atoms with Crippen LogP contribution in [0.2, 0.25) is 0 Å². The molecule has 0 amide bonds. The van der Waals surface area contributed by atoms with Crippen LogP contribution in [0.25, 0.3) is 0 Å². The number of rotatable bonds is 27. The third-order valence-corrected chi connectivity index (χ3v) is 9.18. The van der Waals surface area contributed by atoms with E-state index in [2.05, 4.69) is 13.8 Å². The van der Waals surface area contributed by atoms with Crippen LogP contribution >= 0.6 is 7.82 Å². The van der Waals surface area contributed by atoms with Crippen molar-refractivity contribution < 1.29 is 63.1 Å². The summed E-state index contributed by atoms with van der Waals surface area (Å²) in [5.74, 6) is -1.10. The van der Waals surface area contributed by atoms with Crippen molar-refractivity contribution in [1.29, 1.82) is 0 Å². The Morgan fingerprint density at radius 3 is 1.43 bits per heavy atom. The molecule has 0 saturated heterocycles. The van der Waals surface area contributed by atoms with Crippen molar-refractivity contribution in [3.8, 4) is 0 Å². The molecule has 13 nitrogen and oxygen atoms in total. The van der Waals surface area contributed by atoms with Gasteiger partial charge in [-0.3, -0.25) is 18.6 Å². The highest BCUT2D eigenvalue weighted by atomic mass is 31.2. The maximum atomic E-state index is 12.7. The molecule has 1 fully saturated rings. The monoisotopic (exact) mass is 684 g/mol. The average molecular weight is 685 g/mol. The van der Waals surface area contributed by atoms with Gasteiger partial charge in [-0.1, -0.05) is 110 Å². The molecular weight excluding hydrogens is 623 g/mol. The summed E-state index contributed by atoms with van der Waals surface area (Å²) in [6.45, 7) is 3.18. The van der Waals surface area contributed by atoms with E-state index in [4.69, 9.17) is 18.5 Å². The summed E-state index contributed by atoms with van der Waals surface area (Å²) in [4.78, 5) is 35.1. The van der Waals surface area contributed by atoms with E-state index in [9.17, 15) is 44.6 Å². The average Bonchev–Trinajstić information content (AvgIpc) is 3.03. The lowest BCUT2D eigenvalue weighted by atomic mass is 9.85. The number of unbranched alkanes of at least 4 members (excludes halogenated alkanes) is 15. The summed E-state index contributed by atoms with van der Waals surface area (Å²) >= 11 is 0. The third-order valence-electron chi connectivity index (χ3n) is 8.20. The smallest absolute Gasteiger partial charge is 0.462 e. The maximum absolute atomic E-state index is 12.7. The number of ether oxygens (including phenoxy) is 2. The Bertz CT molecular complexity index is 844. The van der Waals surface area contributed by atoms with Gasteiger partial charge >= 0.3 is 19.8 Å². The van der Waals surface area contributed by atoms with E-state index in [1.807, 2.05) is 0 Å². The lowest BCUT2D eigenvalue weighted by Crippen LogP contribution is -2.64. The number of hydrogen-bond donors (Lipinski definition) is 6. The maximum Gasteiger partial charge on any atom is 0.472 e. The van der Waals surface area contributed by atoms with Crippen LogP contribution in [0.3, 0.4) is 0 Å². The highest BCUT2D eigenvalue weighted by Gasteiger charge is 2.51. The van der Waals surface area contributed by atoms with E-state index in [0.29, 0.717) is 12.8 Å². The van der Waals surface area contributed by atoms with Crippen molar-refractivity contribution in [3.05, 3.63) is 0 Å². The van der Waals surface area contributed by atoms with Crippen molar-refractivity contribution >= 4 is 19.8 Å². The number of aliphatic hydroxyl groups excluding tert-OH is 5. The first-order valence-electron chi connectivity index (χ1n) is 17.3. The Kier molecular flexibility index (Phi) is 23.2. The summed E-state index contributed by atoms with van der Waals surface area (Å²) in [5, 5.41) is 49.7. The van der Waals surface area contributed by atoms with Crippen LogP contribution in [0, 0.1) is 0 Å². The molecule has 6 atom stereocenters. The molecule has 0 spiro atoms. The van der Waals surface area contributed by atoms with Crippen LogP contribution in [0.5, 0.6) is 0 Å². The van der Waals surface area contributed by atoms with Crippen molar-refractivity contribution in [1.82, 2.24) is 0 Å². The fourth-order valence-corrected chi connectivity index (χ4v) is 6.26. The molecule has 1 rings (SSSR count). The summed E-state index contributed by atoms with van der Waals surface area (Å²) in [6.07, 6.45) is 5.10. The number of carbonyl (C=O) groups is 2. The van der Waals surface area contributed by atoms with Crippen molar-refractivity contribution in [2.24, 2.45) is 0 Å². The summed E-state index contributed by atoms with van der Waals surface area (Å²) in [6, 6.07) is 0. The van der Waals surface area contributed by atoms with Crippen molar-refractivity contribution in [3.63, 3.8) is 0 Å². The summed E-state index contributed by atoms with van der Waals surface area (Å²) < 4.78 is 33.1. The molecule has 6 N–H and O–H groups in total. The van der Waals surface area contributed by atoms with Gasteiger partial charge in [-0.25, -0.2) is 4.57 Å². The van der Waals surface area contributed by atoms with E-state index in [1.54, 1.807) is 0 Å². The number of carbonyl (C=O) groups excluding carboxylic acids is 2. The van der Waals surface area contributed by atoms with E-state index in [1.165, 1.54) is 51.4 Å². The lowest BCUT2D eigenvalue weighted by Gasteiger charge is -2.41. The third kappa shape index (κ3) is 18.4. The van der Waals surface area contributed by atoms with Gasteiger partial charge in [0.1, 0.15) is 43.2 Å². The highest BCUT2D eigenvalue weighted by Crippen LogP contribution is 2.47. The molecule has 46 heavy (non-hydrogen) atoms. The molecule has 0 bridgehead atoms. The van der Waals surface area contributed by atoms with E-state index < -0.39 is 75.7 Å². The Balaban J connectivity index is 2.61. The van der Waals surface area contributed by atoms with Gasteiger partial charge in [0.15, 0.2) is 6.10 Å². The van der Waals surface area contributed by atoms with Gasteiger partial charge in [0, 0.05) is 12.8 Å². The zero-order valence-corrected chi connectivity index (χ0v) is 28.8. The molecule has 272 valence electrons. The summed E-state index contributed by atoms with van der Waals surface area (Å²) in [5.41, 5.74) is 0. The Labute approximate surface area is 274 Å². The molecule has 1 aliphatic rings. The fourth-order valence-electron chi connectivity index (χ4n) is 5.29. The topological polar surface area (TPSA) is 210 Å². The van der Waals surface area contributed by atoms with Gasteiger partial charge in [0.2, 0.25) is 0 Å². The van der Waals surface area contributed by atoms with Crippen LogP contribution < -0.4 is 0 Å². The lowest BCUT2D eigenvalue weighted by molar-refractivity contribution is -0.220. The molecule has 0 aromatic rings. The predicted molar refractivity (Wildman–Crippen MR) is 171 cm³/mol. The quantitative estimate of drug-likeness (QED) is 0.0407. The molecule has 0 aromatic carbocycles. The molecule has 0 heterocycles. The van der Waals surface area contributed by atoms with Gasteiger partial charge in [-0.2, -0.15) is 0 Å².